The average Bonchev–Trinajstić information content (AvgIpc) is 2.84. The van der Waals surface area contributed by atoms with Gasteiger partial charge in [0.1, 0.15) is 6.10 Å². The number of ether oxygens (including phenoxy) is 1. The Balaban J connectivity index is 1.65. The molecule has 3 rings (SSSR count). The first-order valence-corrected chi connectivity index (χ1v) is 7.01. The van der Waals surface area contributed by atoms with Gasteiger partial charge in [-0.25, -0.2) is 4.79 Å². The highest BCUT2D eigenvalue weighted by atomic mass is 16.5. The van der Waals surface area contributed by atoms with Crippen molar-refractivity contribution >= 4 is 5.97 Å². The van der Waals surface area contributed by atoms with Crippen LogP contribution >= 0.6 is 0 Å². The van der Waals surface area contributed by atoms with Crippen LogP contribution in [0.3, 0.4) is 0 Å². The van der Waals surface area contributed by atoms with Crippen LogP contribution in [0.1, 0.15) is 45.4 Å². The zero-order valence-corrected chi connectivity index (χ0v) is 10.7. The van der Waals surface area contributed by atoms with Gasteiger partial charge >= 0.3 is 5.97 Å². The summed E-state index contributed by atoms with van der Waals surface area (Å²) in [5, 5.41) is 0. The van der Waals surface area contributed by atoms with Gasteiger partial charge in [0.2, 0.25) is 0 Å². The van der Waals surface area contributed by atoms with Gasteiger partial charge < -0.3 is 4.74 Å². The summed E-state index contributed by atoms with van der Waals surface area (Å²) in [6.45, 7) is 5.39. The fraction of sp³-hybridized carbons (Fsp3) is 0.800. The minimum absolute atomic E-state index is 0.175. The summed E-state index contributed by atoms with van der Waals surface area (Å²) in [4.78, 5) is 11.6. The molecule has 17 heavy (non-hydrogen) atoms. The van der Waals surface area contributed by atoms with Gasteiger partial charge in [-0.3, -0.25) is 0 Å². The van der Waals surface area contributed by atoms with Crippen molar-refractivity contribution in [1.29, 1.82) is 0 Å². The fourth-order valence-electron chi connectivity index (χ4n) is 4.59. The second kappa shape index (κ2) is 4.15. The predicted molar refractivity (Wildman–Crippen MR) is 66.4 cm³/mol. The van der Waals surface area contributed by atoms with Crippen molar-refractivity contribution in [2.75, 3.05) is 0 Å². The maximum absolute atomic E-state index is 11.6. The molecular formula is C15H22O2. The first-order valence-electron chi connectivity index (χ1n) is 7.01. The Morgan fingerprint density at radius 3 is 2.24 bits per heavy atom. The molecule has 3 aliphatic carbocycles. The highest BCUT2D eigenvalue weighted by Crippen LogP contribution is 2.57. The Bertz CT molecular complexity index is 329. The molecule has 0 aromatic heterocycles. The number of esters is 1. The molecule has 3 aliphatic rings. The lowest BCUT2D eigenvalue weighted by molar-refractivity contribution is -0.146. The zero-order valence-electron chi connectivity index (χ0n) is 10.7. The minimum Gasteiger partial charge on any atom is -0.459 e. The molecule has 2 nitrogen and oxygen atoms in total. The van der Waals surface area contributed by atoms with E-state index in [2.05, 4.69) is 6.58 Å². The topological polar surface area (TPSA) is 26.3 Å². The van der Waals surface area contributed by atoms with Crippen molar-refractivity contribution in [2.45, 2.75) is 51.6 Å². The minimum atomic E-state index is -0.193. The van der Waals surface area contributed by atoms with E-state index in [0.717, 1.165) is 36.5 Å². The smallest absolute Gasteiger partial charge is 0.333 e. The van der Waals surface area contributed by atoms with Crippen LogP contribution in [0.15, 0.2) is 12.2 Å². The van der Waals surface area contributed by atoms with Crippen LogP contribution in [0.4, 0.5) is 0 Å². The number of fused-ring (bicyclic) bond motifs is 5. The SMILES string of the molecule is C=C(C)C(=O)OC1CC2CC(C1)C1CCCC21. The monoisotopic (exact) mass is 234 g/mol. The van der Waals surface area contributed by atoms with E-state index in [0.29, 0.717) is 5.57 Å². The Labute approximate surface area is 103 Å². The first-order chi connectivity index (χ1) is 8.15. The maximum atomic E-state index is 11.6. The average molecular weight is 234 g/mol. The van der Waals surface area contributed by atoms with E-state index < -0.39 is 0 Å². The van der Waals surface area contributed by atoms with Crippen LogP contribution in [0, 0.1) is 23.7 Å². The van der Waals surface area contributed by atoms with Gasteiger partial charge in [-0.2, -0.15) is 0 Å². The first kappa shape index (κ1) is 11.3. The van der Waals surface area contributed by atoms with Crippen molar-refractivity contribution in [3.05, 3.63) is 12.2 Å². The highest BCUT2D eigenvalue weighted by molar-refractivity contribution is 5.87. The molecule has 0 amide bonds. The van der Waals surface area contributed by atoms with E-state index in [4.69, 9.17) is 4.74 Å². The second-order valence-electron chi connectivity index (χ2n) is 6.29. The lowest BCUT2D eigenvalue weighted by Crippen LogP contribution is -2.27. The van der Waals surface area contributed by atoms with Gasteiger partial charge in [0.25, 0.3) is 0 Å². The predicted octanol–water partition coefficient (Wildman–Crippen LogP) is 3.32. The molecule has 0 aromatic rings. The molecule has 3 saturated carbocycles. The number of hydrogen-bond acceptors (Lipinski definition) is 2. The van der Waals surface area contributed by atoms with Crippen molar-refractivity contribution in [2.24, 2.45) is 23.7 Å². The summed E-state index contributed by atoms with van der Waals surface area (Å²) in [6, 6.07) is 0. The lowest BCUT2D eigenvalue weighted by Gasteiger charge is -2.29. The van der Waals surface area contributed by atoms with Crippen molar-refractivity contribution < 1.29 is 9.53 Å². The van der Waals surface area contributed by atoms with E-state index in [1.165, 1.54) is 25.7 Å². The quantitative estimate of drug-likeness (QED) is 0.541. The number of hydrogen-bond donors (Lipinski definition) is 0. The molecule has 0 aromatic carbocycles. The van der Waals surface area contributed by atoms with Crippen molar-refractivity contribution in [3.8, 4) is 0 Å². The summed E-state index contributed by atoms with van der Waals surface area (Å²) in [7, 11) is 0. The third-order valence-corrected chi connectivity index (χ3v) is 5.19. The van der Waals surface area contributed by atoms with Crippen LogP contribution in [0.2, 0.25) is 0 Å². The molecule has 0 radical (unpaired) electrons. The van der Waals surface area contributed by atoms with Crippen molar-refractivity contribution in [3.63, 3.8) is 0 Å². The number of rotatable bonds is 2. The second-order valence-corrected chi connectivity index (χ2v) is 6.29. The summed E-state index contributed by atoms with van der Waals surface area (Å²) in [5.41, 5.74) is 0.531. The zero-order chi connectivity index (χ0) is 12.0. The third kappa shape index (κ3) is 1.92. The van der Waals surface area contributed by atoms with E-state index in [-0.39, 0.29) is 12.1 Å². The Hall–Kier alpha value is -0.790. The largest absolute Gasteiger partial charge is 0.459 e. The summed E-state index contributed by atoms with van der Waals surface area (Å²) in [5.74, 6) is 3.39. The van der Waals surface area contributed by atoms with Gasteiger partial charge in [0.05, 0.1) is 0 Å². The molecule has 4 atom stereocenters. The maximum Gasteiger partial charge on any atom is 0.333 e. The molecule has 2 heteroatoms. The van der Waals surface area contributed by atoms with Gasteiger partial charge in [0.15, 0.2) is 0 Å². The van der Waals surface area contributed by atoms with E-state index >= 15 is 0 Å². The molecule has 94 valence electrons. The number of carbonyl (C=O) groups excluding carboxylic acids is 1. The molecule has 2 bridgehead atoms. The molecule has 0 heterocycles. The van der Waals surface area contributed by atoms with Crippen LogP contribution in [-0.2, 0) is 9.53 Å². The Morgan fingerprint density at radius 2 is 1.71 bits per heavy atom. The highest BCUT2D eigenvalue weighted by Gasteiger charge is 2.50. The molecule has 0 N–H and O–H groups in total. The van der Waals surface area contributed by atoms with Gasteiger partial charge in [-0.15, -0.1) is 0 Å². The standard InChI is InChI=1S/C15H22O2/c1-9(2)15(16)17-12-7-10-6-11(8-12)14-5-3-4-13(10)14/h10-14H,1,3-8H2,2H3. The fourth-order valence-corrected chi connectivity index (χ4v) is 4.59. The molecule has 0 spiro atoms. The summed E-state index contributed by atoms with van der Waals surface area (Å²) in [6.07, 6.45) is 8.07. The molecule has 3 fully saturated rings. The Kier molecular flexibility index (Phi) is 2.76. The molecular weight excluding hydrogens is 212 g/mol. The van der Waals surface area contributed by atoms with Crippen LogP contribution in [0.25, 0.3) is 0 Å². The Morgan fingerprint density at radius 1 is 1.12 bits per heavy atom. The summed E-state index contributed by atoms with van der Waals surface area (Å²) < 4.78 is 5.56. The molecule has 0 saturated heterocycles. The molecule has 0 aliphatic heterocycles. The van der Waals surface area contributed by atoms with E-state index in [1.54, 1.807) is 6.92 Å². The lowest BCUT2D eigenvalue weighted by atomic mass is 9.83. The van der Waals surface area contributed by atoms with E-state index in [1.807, 2.05) is 0 Å². The van der Waals surface area contributed by atoms with Gasteiger partial charge in [-0.05, 0) is 62.7 Å². The third-order valence-electron chi connectivity index (χ3n) is 5.19. The van der Waals surface area contributed by atoms with Gasteiger partial charge in [0, 0.05) is 5.57 Å². The summed E-state index contributed by atoms with van der Waals surface area (Å²) >= 11 is 0. The normalized spacial score (nSPS) is 43.2. The number of carbonyl (C=O) groups is 1. The van der Waals surface area contributed by atoms with Crippen LogP contribution in [0.5, 0.6) is 0 Å². The van der Waals surface area contributed by atoms with Gasteiger partial charge in [-0.1, -0.05) is 13.0 Å². The van der Waals surface area contributed by atoms with Crippen LogP contribution < -0.4 is 0 Å². The van der Waals surface area contributed by atoms with E-state index in [9.17, 15) is 4.79 Å². The van der Waals surface area contributed by atoms with Crippen LogP contribution in [-0.4, -0.2) is 12.1 Å². The molecule has 4 unspecified atom stereocenters. The van der Waals surface area contributed by atoms with Crippen molar-refractivity contribution in [1.82, 2.24) is 0 Å².